The van der Waals surface area contributed by atoms with Crippen molar-refractivity contribution in [2.75, 3.05) is 25.5 Å². The number of fused-ring (bicyclic) bond motifs is 2. The van der Waals surface area contributed by atoms with E-state index >= 15 is 0 Å². The second-order valence-electron chi connectivity index (χ2n) is 8.91. The van der Waals surface area contributed by atoms with Crippen LogP contribution in [0, 0.1) is 5.92 Å². The van der Waals surface area contributed by atoms with Crippen molar-refractivity contribution in [2.24, 2.45) is 5.92 Å². The summed E-state index contributed by atoms with van der Waals surface area (Å²) in [5.41, 5.74) is 3.44. The van der Waals surface area contributed by atoms with Crippen molar-refractivity contribution in [1.29, 1.82) is 0 Å². The highest BCUT2D eigenvalue weighted by Gasteiger charge is 2.39. The molecule has 0 saturated carbocycles. The van der Waals surface area contributed by atoms with Crippen LogP contribution in [-0.2, 0) is 21.2 Å². The molecule has 32 heavy (non-hydrogen) atoms. The van der Waals surface area contributed by atoms with E-state index < -0.39 is 16.1 Å². The van der Waals surface area contributed by atoms with Crippen molar-refractivity contribution < 1.29 is 13.2 Å². The highest BCUT2D eigenvalue weighted by molar-refractivity contribution is 8.18. The standard InChI is InChI=1S/C23H26ClN3O3S2/c1-26(2)20-8-4-14-11-17(6-7-18(14)20)27-10-9-19(23(27)28)25-32(29,30)22-12-15-3-5-16(24)13-21(15)31-22/h3,5-7,11-13,15,19-21,25H,4,8-10H2,1-2H3. The van der Waals surface area contributed by atoms with Gasteiger partial charge < -0.3 is 9.80 Å². The summed E-state index contributed by atoms with van der Waals surface area (Å²) in [6.45, 7) is 0.500. The number of rotatable bonds is 5. The molecule has 1 aromatic rings. The lowest BCUT2D eigenvalue weighted by Gasteiger charge is -2.22. The van der Waals surface area contributed by atoms with Crippen molar-refractivity contribution >= 4 is 45.0 Å². The van der Waals surface area contributed by atoms with Gasteiger partial charge in [-0.1, -0.05) is 29.8 Å². The van der Waals surface area contributed by atoms with Gasteiger partial charge in [-0.2, -0.15) is 4.72 Å². The fourth-order valence-corrected chi connectivity index (χ4v) is 8.32. The first kappa shape index (κ1) is 22.2. The van der Waals surface area contributed by atoms with E-state index in [1.54, 1.807) is 17.1 Å². The molecule has 0 aromatic heterocycles. The van der Waals surface area contributed by atoms with Gasteiger partial charge in [0.1, 0.15) is 10.3 Å². The Hall–Kier alpha value is -1.58. The monoisotopic (exact) mass is 491 g/mol. The Bertz CT molecular complexity index is 1160. The van der Waals surface area contributed by atoms with E-state index in [0.29, 0.717) is 24.0 Å². The van der Waals surface area contributed by atoms with Crippen LogP contribution in [0.15, 0.2) is 51.8 Å². The van der Waals surface area contributed by atoms with Crippen LogP contribution in [-0.4, -0.2) is 51.2 Å². The first-order valence-corrected chi connectivity index (χ1v) is 13.5. The quantitative estimate of drug-likeness (QED) is 0.682. The third-order valence-corrected chi connectivity index (χ3v) is 10.2. The molecule has 0 spiro atoms. The molecule has 0 radical (unpaired) electrons. The van der Waals surface area contributed by atoms with Crippen LogP contribution in [0.2, 0.25) is 0 Å². The van der Waals surface area contributed by atoms with Crippen LogP contribution in [0.1, 0.15) is 30.0 Å². The molecule has 4 unspecified atom stereocenters. The van der Waals surface area contributed by atoms with E-state index in [0.717, 1.165) is 18.5 Å². The van der Waals surface area contributed by atoms with Crippen LogP contribution >= 0.6 is 23.4 Å². The summed E-state index contributed by atoms with van der Waals surface area (Å²) in [4.78, 5) is 17.0. The topological polar surface area (TPSA) is 69.7 Å². The van der Waals surface area contributed by atoms with Crippen molar-refractivity contribution in [1.82, 2.24) is 9.62 Å². The number of halogens is 1. The lowest BCUT2D eigenvalue weighted by molar-refractivity contribution is -0.118. The molecule has 170 valence electrons. The van der Waals surface area contributed by atoms with E-state index in [1.807, 2.05) is 18.2 Å². The molecule has 1 N–H and O–H groups in total. The molecule has 1 saturated heterocycles. The Morgan fingerprint density at radius 1 is 1.22 bits per heavy atom. The fraction of sp³-hybridized carbons (Fsp3) is 0.435. The largest absolute Gasteiger partial charge is 0.311 e. The normalized spacial score (nSPS) is 29.4. The van der Waals surface area contributed by atoms with Gasteiger partial charge in [0.2, 0.25) is 15.9 Å². The summed E-state index contributed by atoms with van der Waals surface area (Å²) < 4.78 is 28.9. The maximum Gasteiger partial charge on any atom is 0.247 e. The molecular formula is C23H26ClN3O3S2. The van der Waals surface area contributed by atoms with Crippen LogP contribution < -0.4 is 9.62 Å². The molecule has 1 fully saturated rings. The van der Waals surface area contributed by atoms with Gasteiger partial charge in [0.25, 0.3) is 0 Å². The Balaban J connectivity index is 1.29. The zero-order valence-electron chi connectivity index (χ0n) is 18.0. The fourth-order valence-electron chi connectivity index (χ4n) is 4.96. The molecule has 6 nitrogen and oxygen atoms in total. The van der Waals surface area contributed by atoms with Gasteiger partial charge in [-0.05, 0) is 68.8 Å². The zero-order valence-corrected chi connectivity index (χ0v) is 20.4. The highest BCUT2D eigenvalue weighted by atomic mass is 35.5. The Morgan fingerprint density at radius 2 is 2.03 bits per heavy atom. The summed E-state index contributed by atoms with van der Waals surface area (Å²) in [6, 6.07) is 5.85. The Labute approximate surface area is 198 Å². The number of nitrogens with zero attached hydrogens (tertiary/aromatic N) is 2. The summed E-state index contributed by atoms with van der Waals surface area (Å²) in [7, 11) is 0.402. The van der Waals surface area contributed by atoms with E-state index in [9.17, 15) is 13.2 Å². The molecule has 9 heteroatoms. The smallest absolute Gasteiger partial charge is 0.247 e. The van der Waals surface area contributed by atoms with Gasteiger partial charge >= 0.3 is 0 Å². The van der Waals surface area contributed by atoms with Crippen molar-refractivity contribution in [3.63, 3.8) is 0 Å². The molecule has 1 aromatic carbocycles. The van der Waals surface area contributed by atoms with Gasteiger partial charge in [-0.15, -0.1) is 11.8 Å². The summed E-state index contributed by atoms with van der Waals surface area (Å²) in [5.74, 6) is -0.193. The Morgan fingerprint density at radius 3 is 2.81 bits per heavy atom. The number of carbonyl (C=O) groups excluding carboxylic acids is 1. The van der Waals surface area contributed by atoms with Crippen molar-refractivity contribution in [3.05, 3.63) is 62.9 Å². The first-order chi connectivity index (χ1) is 15.2. The predicted molar refractivity (Wildman–Crippen MR) is 130 cm³/mol. The van der Waals surface area contributed by atoms with Crippen LogP contribution in [0.25, 0.3) is 0 Å². The van der Waals surface area contributed by atoms with Gasteiger partial charge in [0.15, 0.2) is 0 Å². The average molecular weight is 492 g/mol. The maximum absolute atomic E-state index is 13.1. The summed E-state index contributed by atoms with van der Waals surface area (Å²) in [5, 5.41) is 0.596. The number of hydrogen-bond donors (Lipinski definition) is 1. The van der Waals surface area contributed by atoms with E-state index in [4.69, 9.17) is 11.6 Å². The van der Waals surface area contributed by atoms with Crippen LogP contribution in [0.4, 0.5) is 5.69 Å². The number of hydrogen-bond acceptors (Lipinski definition) is 5. The van der Waals surface area contributed by atoms with Gasteiger partial charge in [-0.25, -0.2) is 8.42 Å². The number of benzene rings is 1. The molecule has 2 heterocycles. The minimum atomic E-state index is -3.77. The second kappa shape index (κ2) is 8.33. The number of sulfonamides is 1. The second-order valence-corrected chi connectivity index (χ2v) is 12.5. The lowest BCUT2D eigenvalue weighted by Crippen LogP contribution is -2.41. The third-order valence-electron chi connectivity index (χ3n) is 6.64. The first-order valence-electron chi connectivity index (χ1n) is 10.8. The molecule has 1 amide bonds. The number of thioether (sulfide) groups is 1. The highest BCUT2D eigenvalue weighted by Crippen LogP contribution is 2.43. The Kier molecular flexibility index (Phi) is 5.78. The maximum atomic E-state index is 13.1. The van der Waals surface area contributed by atoms with Crippen molar-refractivity contribution in [2.45, 2.75) is 36.6 Å². The zero-order chi connectivity index (χ0) is 22.6. The van der Waals surface area contributed by atoms with Crippen molar-refractivity contribution in [3.8, 4) is 0 Å². The van der Waals surface area contributed by atoms with Gasteiger partial charge in [0.05, 0.1) is 0 Å². The predicted octanol–water partition coefficient (Wildman–Crippen LogP) is 3.53. The molecular weight excluding hydrogens is 466 g/mol. The number of nitrogens with one attached hydrogen (secondary N) is 1. The van der Waals surface area contributed by atoms with E-state index in [-0.39, 0.29) is 21.3 Å². The molecule has 2 aliphatic heterocycles. The van der Waals surface area contributed by atoms with Gasteiger partial charge in [0, 0.05) is 34.5 Å². The average Bonchev–Trinajstić information content (AvgIpc) is 3.44. The SMILES string of the molecule is CN(C)C1CCc2cc(N3CCC(NS(=O)(=O)C4=CC5C=CC(Cl)=CC5S4)C3=O)ccc21. The lowest BCUT2D eigenvalue weighted by atomic mass is 10.0. The number of anilines is 1. The molecule has 5 rings (SSSR count). The van der Waals surface area contributed by atoms with Crippen LogP contribution in [0.3, 0.4) is 0 Å². The molecule has 2 aliphatic carbocycles. The molecule has 4 aliphatic rings. The number of aryl methyl sites for hydroxylation is 1. The number of allylic oxidation sites excluding steroid dienone is 4. The summed E-state index contributed by atoms with van der Waals surface area (Å²) in [6.07, 6.45) is 9.83. The number of amides is 1. The number of carbonyl (C=O) groups is 1. The van der Waals surface area contributed by atoms with E-state index in [2.05, 4.69) is 35.9 Å². The van der Waals surface area contributed by atoms with E-state index in [1.165, 1.54) is 22.9 Å². The molecule has 0 bridgehead atoms. The molecule has 4 atom stereocenters. The third kappa shape index (κ3) is 3.96. The minimum Gasteiger partial charge on any atom is -0.311 e. The van der Waals surface area contributed by atoms with Gasteiger partial charge in [-0.3, -0.25) is 4.79 Å². The summed E-state index contributed by atoms with van der Waals surface area (Å²) >= 11 is 7.33. The van der Waals surface area contributed by atoms with Crippen LogP contribution in [0.5, 0.6) is 0 Å². The minimum absolute atomic E-state index is 0.00209.